The molecular weight excluding hydrogens is 258 g/mol. The van der Waals surface area contributed by atoms with E-state index in [2.05, 4.69) is 4.74 Å². The number of amides is 1. The van der Waals surface area contributed by atoms with Gasteiger partial charge in [0.15, 0.2) is 0 Å². The number of anilines is 1. The highest BCUT2D eigenvalue weighted by Gasteiger charge is 2.21. The molecule has 18 heavy (non-hydrogen) atoms. The molecule has 5 nitrogen and oxygen atoms in total. The SMILES string of the molecule is COC(=O)c1cc(Cl)cc(N2CCOCC2=O)c1. The van der Waals surface area contributed by atoms with Crippen LogP contribution in [0.3, 0.4) is 0 Å². The Bertz CT molecular complexity index is 489. The summed E-state index contributed by atoms with van der Waals surface area (Å²) >= 11 is 5.94. The molecule has 0 bridgehead atoms. The van der Waals surface area contributed by atoms with Crippen molar-refractivity contribution < 1.29 is 19.1 Å². The molecule has 6 heteroatoms. The van der Waals surface area contributed by atoms with E-state index in [9.17, 15) is 9.59 Å². The van der Waals surface area contributed by atoms with Crippen LogP contribution in [0.4, 0.5) is 5.69 Å². The van der Waals surface area contributed by atoms with E-state index in [-0.39, 0.29) is 12.5 Å². The van der Waals surface area contributed by atoms with E-state index in [1.165, 1.54) is 13.2 Å². The number of carbonyl (C=O) groups excluding carboxylic acids is 2. The van der Waals surface area contributed by atoms with Crippen molar-refractivity contribution in [2.75, 3.05) is 31.8 Å². The minimum Gasteiger partial charge on any atom is -0.465 e. The Labute approximate surface area is 109 Å². The molecule has 0 atom stereocenters. The van der Waals surface area contributed by atoms with Crippen molar-refractivity contribution in [1.82, 2.24) is 0 Å². The number of nitrogens with zero attached hydrogens (tertiary/aromatic N) is 1. The maximum atomic E-state index is 11.7. The van der Waals surface area contributed by atoms with Gasteiger partial charge in [0, 0.05) is 17.3 Å². The summed E-state index contributed by atoms with van der Waals surface area (Å²) in [6.45, 7) is 0.950. The molecule has 0 aliphatic carbocycles. The van der Waals surface area contributed by atoms with Crippen LogP contribution < -0.4 is 4.90 Å². The number of halogens is 1. The summed E-state index contributed by atoms with van der Waals surface area (Å²) in [5.74, 6) is -0.640. The Balaban J connectivity index is 2.35. The largest absolute Gasteiger partial charge is 0.465 e. The van der Waals surface area contributed by atoms with Gasteiger partial charge in [-0.2, -0.15) is 0 Å². The van der Waals surface area contributed by atoms with Crippen molar-refractivity contribution in [3.05, 3.63) is 28.8 Å². The van der Waals surface area contributed by atoms with Crippen molar-refractivity contribution in [1.29, 1.82) is 0 Å². The second kappa shape index (κ2) is 5.37. The lowest BCUT2D eigenvalue weighted by Crippen LogP contribution is -2.41. The number of benzene rings is 1. The molecule has 96 valence electrons. The van der Waals surface area contributed by atoms with E-state index >= 15 is 0 Å². The molecule has 0 spiro atoms. The van der Waals surface area contributed by atoms with Gasteiger partial charge in [0.05, 0.1) is 19.3 Å². The highest BCUT2D eigenvalue weighted by molar-refractivity contribution is 6.31. The van der Waals surface area contributed by atoms with Crippen molar-refractivity contribution in [3.63, 3.8) is 0 Å². The maximum Gasteiger partial charge on any atom is 0.337 e. The van der Waals surface area contributed by atoms with Crippen LogP contribution in [-0.2, 0) is 14.3 Å². The van der Waals surface area contributed by atoms with E-state index in [0.717, 1.165) is 0 Å². The fourth-order valence-corrected chi connectivity index (χ4v) is 1.99. The zero-order valence-electron chi connectivity index (χ0n) is 9.81. The van der Waals surface area contributed by atoms with Gasteiger partial charge in [-0.1, -0.05) is 11.6 Å². The molecule has 1 aromatic rings. The fraction of sp³-hybridized carbons (Fsp3) is 0.333. The molecule has 1 aromatic carbocycles. The molecule has 1 heterocycles. The molecule has 0 unspecified atom stereocenters. The minimum absolute atomic E-state index is 0.0417. The van der Waals surface area contributed by atoms with Crippen LogP contribution in [0.15, 0.2) is 18.2 Å². The van der Waals surface area contributed by atoms with Gasteiger partial charge >= 0.3 is 5.97 Å². The van der Waals surface area contributed by atoms with Gasteiger partial charge in [0.1, 0.15) is 6.61 Å². The number of hydrogen-bond donors (Lipinski definition) is 0. The number of morpholine rings is 1. The molecule has 1 aliphatic heterocycles. The van der Waals surface area contributed by atoms with Crippen LogP contribution in [0.1, 0.15) is 10.4 Å². The number of ether oxygens (including phenoxy) is 2. The van der Waals surface area contributed by atoms with Crippen LogP contribution >= 0.6 is 11.6 Å². The zero-order chi connectivity index (χ0) is 13.1. The Morgan fingerprint density at radius 1 is 1.44 bits per heavy atom. The van der Waals surface area contributed by atoms with Crippen molar-refractivity contribution >= 4 is 29.2 Å². The van der Waals surface area contributed by atoms with Gasteiger partial charge in [0.25, 0.3) is 5.91 Å². The Morgan fingerprint density at radius 2 is 2.22 bits per heavy atom. The number of esters is 1. The molecular formula is C12H12ClNO4. The highest BCUT2D eigenvalue weighted by atomic mass is 35.5. The number of methoxy groups -OCH3 is 1. The van der Waals surface area contributed by atoms with E-state index in [1.807, 2.05) is 0 Å². The first-order chi connectivity index (χ1) is 8.61. The summed E-state index contributed by atoms with van der Waals surface area (Å²) in [6, 6.07) is 4.72. The fourth-order valence-electron chi connectivity index (χ4n) is 1.76. The minimum atomic E-state index is -0.487. The molecule has 2 rings (SSSR count). The third kappa shape index (κ3) is 2.63. The average molecular weight is 270 g/mol. The van der Waals surface area contributed by atoms with Gasteiger partial charge in [-0.05, 0) is 18.2 Å². The summed E-state index contributed by atoms with van der Waals surface area (Å²) in [5, 5.41) is 0.382. The quantitative estimate of drug-likeness (QED) is 0.764. The predicted molar refractivity (Wildman–Crippen MR) is 66.0 cm³/mol. The second-order valence-electron chi connectivity index (χ2n) is 3.79. The van der Waals surface area contributed by atoms with Crippen LogP contribution in [0, 0.1) is 0 Å². The lowest BCUT2D eigenvalue weighted by atomic mass is 10.2. The smallest absolute Gasteiger partial charge is 0.337 e. The normalized spacial score (nSPS) is 15.7. The van der Waals surface area contributed by atoms with Crippen LogP contribution in [0.25, 0.3) is 0 Å². The van der Waals surface area contributed by atoms with Crippen LogP contribution in [0.5, 0.6) is 0 Å². The van der Waals surface area contributed by atoms with Gasteiger partial charge in [0.2, 0.25) is 0 Å². The molecule has 0 N–H and O–H groups in total. The summed E-state index contributed by atoms with van der Waals surface area (Å²) < 4.78 is 9.68. The first-order valence-corrected chi connectivity index (χ1v) is 5.76. The summed E-state index contributed by atoms with van der Waals surface area (Å²) in [4.78, 5) is 24.7. The Kier molecular flexibility index (Phi) is 3.84. The summed E-state index contributed by atoms with van der Waals surface area (Å²) in [7, 11) is 1.29. The van der Waals surface area contributed by atoms with E-state index in [4.69, 9.17) is 16.3 Å². The standard InChI is InChI=1S/C12H12ClNO4/c1-17-12(16)8-4-9(13)6-10(5-8)14-2-3-18-7-11(14)15/h4-6H,2-3,7H2,1H3. The molecule has 1 fully saturated rings. The topological polar surface area (TPSA) is 55.8 Å². The van der Waals surface area contributed by atoms with E-state index in [0.29, 0.717) is 29.4 Å². The zero-order valence-corrected chi connectivity index (χ0v) is 10.6. The van der Waals surface area contributed by atoms with E-state index < -0.39 is 5.97 Å². The third-order valence-electron chi connectivity index (χ3n) is 2.60. The Hall–Kier alpha value is -1.59. The van der Waals surface area contributed by atoms with Crippen LogP contribution in [-0.4, -0.2) is 38.7 Å². The number of hydrogen-bond acceptors (Lipinski definition) is 4. The predicted octanol–water partition coefficient (Wildman–Crippen LogP) is 1.49. The lowest BCUT2D eigenvalue weighted by molar-refractivity contribution is -0.125. The summed E-state index contributed by atoms with van der Waals surface area (Å²) in [5.41, 5.74) is 0.899. The molecule has 0 saturated carbocycles. The van der Waals surface area contributed by atoms with Gasteiger partial charge < -0.3 is 14.4 Å². The lowest BCUT2D eigenvalue weighted by Gasteiger charge is -2.27. The van der Waals surface area contributed by atoms with Gasteiger partial charge in [-0.3, -0.25) is 4.79 Å². The molecule has 1 saturated heterocycles. The van der Waals surface area contributed by atoms with Crippen molar-refractivity contribution in [3.8, 4) is 0 Å². The third-order valence-corrected chi connectivity index (χ3v) is 2.82. The van der Waals surface area contributed by atoms with Crippen molar-refractivity contribution in [2.24, 2.45) is 0 Å². The number of rotatable bonds is 2. The molecule has 0 aromatic heterocycles. The monoisotopic (exact) mass is 269 g/mol. The molecule has 1 amide bonds. The first kappa shape index (κ1) is 12.9. The van der Waals surface area contributed by atoms with Crippen LogP contribution in [0.2, 0.25) is 5.02 Å². The summed E-state index contributed by atoms with van der Waals surface area (Å²) in [6.07, 6.45) is 0. The van der Waals surface area contributed by atoms with Crippen molar-refractivity contribution in [2.45, 2.75) is 0 Å². The number of carbonyl (C=O) groups is 2. The van der Waals surface area contributed by atoms with Gasteiger partial charge in [-0.25, -0.2) is 4.79 Å². The average Bonchev–Trinajstić information content (AvgIpc) is 2.37. The Morgan fingerprint density at radius 3 is 2.89 bits per heavy atom. The van der Waals surface area contributed by atoms with Gasteiger partial charge in [-0.15, -0.1) is 0 Å². The maximum absolute atomic E-state index is 11.7. The highest BCUT2D eigenvalue weighted by Crippen LogP contribution is 2.24. The molecule has 1 aliphatic rings. The second-order valence-corrected chi connectivity index (χ2v) is 4.22. The van der Waals surface area contributed by atoms with E-state index in [1.54, 1.807) is 17.0 Å². The molecule has 0 radical (unpaired) electrons. The first-order valence-electron chi connectivity index (χ1n) is 5.39.